The van der Waals surface area contributed by atoms with Crippen LogP contribution in [0.4, 0.5) is 0 Å². The van der Waals surface area contributed by atoms with Crippen LogP contribution in [0.1, 0.15) is 12.5 Å². The predicted molar refractivity (Wildman–Crippen MR) is 69.8 cm³/mol. The normalized spacial score (nSPS) is 12.4. The molecule has 3 heteroatoms. The zero-order chi connectivity index (χ0) is 11.8. The van der Waals surface area contributed by atoms with Gasteiger partial charge in [-0.3, -0.25) is 0 Å². The molecule has 0 fully saturated rings. The van der Waals surface area contributed by atoms with E-state index in [-0.39, 0.29) is 0 Å². The van der Waals surface area contributed by atoms with Crippen molar-refractivity contribution >= 4 is 27.5 Å². The second-order valence-corrected chi connectivity index (χ2v) is 4.12. The van der Waals surface area contributed by atoms with Gasteiger partial charge in [0, 0.05) is 21.8 Å². The van der Waals surface area contributed by atoms with E-state index in [1.807, 2.05) is 30.3 Å². The van der Waals surface area contributed by atoms with Gasteiger partial charge in [0.05, 0.1) is 5.71 Å². The number of aromatic nitrogens is 1. The van der Waals surface area contributed by atoms with Crippen LogP contribution in [0.2, 0.25) is 0 Å². The van der Waals surface area contributed by atoms with Crippen LogP contribution in [0.5, 0.6) is 0 Å². The summed E-state index contributed by atoms with van der Waals surface area (Å²) in [4.78, 5) is 3.36. The molecule has 0 unspecified atom stereocenters. The monoisotopic (exact) mass is 224 g/mol. The fraction of sp³-hybridized carbons (Fsp3) is 0.0714. The minimum Gasteiger partial charge on any atom is -0.411 e. The topological polar surface area (TPSA) is 48.4 Å². The van der Waals surface area contributed by atoms with Crippen LogP contribution in [0, 0.1) is 0 Å². The van der Waals surface area contributed by atoms with Gasteiger partial charge in [0.1, 0.15) is 0 Å². The summed E-state index contributed by atoms with van der Waals surface area (Å²) in [5, 5.41) is 14.4. The molecule has 3 rings (SSSR count). The molecular weight excluding hydrogens is 212 g/mol. The van der Waals surface area contributed by atoms with Crippen molar-refractivity contribution in [3.8, 4) is 0 Å². The van der Waals surface area contributed by atoms with Crippen LogP contribution < -0.4 is 0 Å². The SMILES string of the molecule is C/C(=N/O)c1ccc2[nH]c3ccccc3c2c1. The van der Waals surface area contributed by atoms with Crippen LogP contribution in [-0.4, -0.2) is 15.9 Å². The van der Waals surface area contributed by atoms with Gasteiger partial charge in [0.15, 0.2) is 0 Å². The summed E-state index contributed by atoms with van der Waals surface area (Å²) in [5.41, 5.74) is 3.78. The maximum atomic E-state index is 8.80. The lowest BCUT2D eigenvalue weighted by molar-refractivity contribution is 0.319. The number of oxime groups is 1. The molecule has 0 aliphatic heterocycles. The highest BCUT2D eigenvalue weighted by Gasteiger charge is 2.05. The van der Waals surface area contributed by atoms with Gasteiger partial charge >= 0.3 is 0 Å². The Kier molecular flexibility index (Phi) is 2.11. The molecular formula is C14H12N2O. The van der Waals surface area contributed by atoms with E-state index in [0.717, 1.165) is 22.0 Å². The summed E-state index contributed by atoms with van der Waals surface area (Å²) in [6.07, 6.45) is 0. The van der Waals surface area contributed by atoms with Gasteiger partial charge in [-0.25, -0.2) is 0 Å². The van der Waals surface area contributed by atoms with E-state index in [2.05, 4.69) is 22.3 Å². The summed E-state index contributed by atoms with van der Waals surface area (Å²) in [7, 11) is 0. The van der Waals surface area contributed by atoms with E-state index >= 15 is 0 Å². The number of hydrogen-bond donors (Lipinski definition) is 2. The van der Waals surface area contributed by atoms with Gasteiger partial charge in [-0.05, 0) is 30.7 Å². The van der Waals surface area contributed by atoms with Crippen LogP contribution in [0.25, 0.3) is 21.8 Å². The van der Waals surface area contributed by atoms with Gasteiger partial charge in [-0.15, -0.1) is 0 Å². The number of nitrogens with one attached hydrogen (secondary N) is 1. The highest BCUT2D eigenvalue weighted by Crippen LogP contribution is 2.26. The van der Waals surface area contributed by atoms with Gasteiger partial charge in [-0.2, -0.15) is 0 Å². The number of fused-ring (bicyclic) bond motifs is 3. The Hall–Kier alpha value is -2.29. The standard InChI is InChI=1S/C14H12N2O/c1-9(16-17)10-6-7-14-12(8-10)11-4-2-3-5-13(11)15-14/h2-8,15,17H,1H3/b16-9-. The van der Waals surface area contributed by atoms with Gasteiger partial charge in [-0.1, -0.05) is 29.4 Å². The van der Waals surface area contributed by atoms with Crippen LogP contribution in [-0.2, 0) is 0 Å². The number of nitrogens with zero attached hydrogens (tertiary/aromatic N) is 1. The Labute approximate surface area is 98.4 Å². The van der Waals surface area contributed by atoms with Crippen molar-refractivity contribution in [3.63, 3.8) is 0 Å². The minimum atomic E-state index is 0.622. The van der Waals surface area contributed by atoms with Crippen LogP contribution in [0.15, 0.2) is 47.6 Å². The largest absolute Gasteiger partial charge is 0.411 e. The third kappa shape index (κ3) is 1.47. The van der Waals surface area contributed by atoms with E-state index in [1.54, 1.807) is 6.92 Å². The van der Waals surface area contributed by atoms with Gasteiger partial charge in [0.25, 0.3) is 0 Å². The first-order valence-electron chi connectivity index (χ1n) is 5.49. The number of para-hydroxylation sites is 1. The summed E-state index contributed by atoms with van der Waals surface area (Å²) in [5.74, 6) is 0. The van der Waals surface area contributed by atoms with E-state index in [4.69, 9.17) is 5.21 Å². The second kappa shape index (κ2) is 3.63. The molecule has 0 radical (unpaired) electrons. The Morgan fingerprint density at radius 3 is 2.65 bits per heavy atom. The fourth-order valence-corrected chi connectivity index (χ4v) is 2.13. The molecule has 0 saturated carbocycles. The average Bonchev–Trinajstić information content (AvgIpc) is 2.75. The fourth-order valence-electron chi connectivity index (χ4n) is 2.13. The van der Waals surface area contributed by atoms with Gasteiger partial charge in [0.2, 0.25) is 0 Å². The molecule has 0 saturated heterocycles. The molecule has 0 aliphatic rings. The first-order valence-corrected chi connectivity index (χ1v) is 5.49. The summed E-state index contributed by atoms with van der Waals surface area (Å²) in [6, 6.07) is 14.2. The molecule has 0 aliphatic carbocycles. The predicted octanol–water partition coefficient (Wildman–Crippen LogP) is 3.52. The molecule has 1 heterocycles. The second-order valence-electron chi connectivity index (χ2n) is 4.12. The molecule has 0 amide bonds. The zero-order valence-electron chi connectivity index (χ0n) is 9.44. The van der Waals surface area contributed by atoms with Crippen LogP contribution >= 0.6 is 0 Å². The maximum Gasteiger partial charge on any atom is 0.0837 e. The molecule has 0 atom stereocenters. The molecule has 0 spiro atoms. The third-order valence-corrected chi connectivity index (χ3v) is 3.07. The van der Waals surface area contributed by atoms with Crippen molar-refractivity contribution < 1.29 is 5.21 Å². The van der Waals surface area contributed by atoms with E-state index < -0.39 is 0 Å². The molecule has 2 aromatic carbocycles. The van der Waals surface area contributed by atoms with E-state index in [1.165, 1.54) is 5.39 Å². The lowest BCUT2D eigenvalue weighted by Gasteiger charge is -1.98. The first-order chi connectivity index (χ1) is 8.29. The quantitative estimate of drug-likeness (QED) is 0.371. The van der Waals surface area contributed by atoms with Crippen LogP contribution in [0.3, 0.4) is 0 Å². The van der Waals surface area contributed by atoms with E-state index in [9.17, 15) is 0 Å². The van der Waals surface area contributed by atoms with Crippen molar-refractivity contribution in [1.29, 1.82) is 0 Å². The average molecular weight is 224 g/mol. The van der Waals surface area contributed by atoms with Crippen molar-refractivity contribution in [2.45, 2.75) is 6.92 Å². The van der Waals surface area contributed by atoms with Crippen molar-refractivity contribution in [2.24, 2.45) is 5.16 Å². The molecule has 84 valence electrons. The van der Waals surface area contributed by atoms with Crippen molar-refractivity contribution in [2.75, 3.05) is 0 Å². The lowest BCUT2D eigenvalue weighted by Crippen LogP contribution is -1.93. The zero-order valence-corrected chi connectivity index (χ0v) is 9.44. The summed E-state index contributed by atoms with van der Waals surface area (Å²) >= 11 is 0. The Morgan fingerprint density at radius 1 is 1.06 bits per heavy atom. The van der Waals surface area contributed by atoms with E-state index in [0.29, 0.717) is 5.71 Å². The minimum absolute atomic E-state index is 0.622. The molecule has 3 nitrogen and oxygen atoms in total. The smallest absolute Gasteiger partial charge is 0.0837 e. The number of aromatic amines is 1. The number of hydrogen-bond acceptors (Lipinski definition) is 2. The third-order valence-electron chi connectivity index (χ3n) is 3.07. The molecule has 2 N–H and O–H groups in total. The number of rotatable bonds is 1. The van der Waals surface area contributed by atoms with Crippen molar-refractivity contribution in [1.82, 2.24) is 4.98 Å². The lowest BCUT2D eigenvalue weighted by atomic mass is 10.1. The maximum absolute atomic E-state index is 8.80. The Bertz CT molecular complexity index is 725. The number of benzene rings is 2. The van der Waals surface area contributed by atoms with Gasteiger partial charge < -0.3 is 10.2 Å². The Morgan fingerprint density at radius 2 is 1.82 bits per heavy atom. The molecule has 17 heavy (non-hydrogen) atoms. The molecule has 0 bridgehead atoms. The highest BCUT2D eigenvalue weighted by atomic mass is 16.4. The highest BCUT2D eigenvalue weighted by molar-refractivity contribution is 6.10. The molecule has 1 aromatic heterocycles. The summed E-state index contributed by atoms with van der Waals surface area (Å²) in [6.45, 7) is 1.79. The number of H-pyrrole nitrogens is 1. The Balaban J connectivity index is 2.37. The van der Waals surface area contributed by atoms with Crippen molar-refractivity contribution in [3.05, 3.63) is 48.0 Å². The summed E-state index contributed by atoms with van der Waals surface area (Å²) < 4.78 is 0. The molecule has 3 aromatic rings. The first kappa shape index (κ1) is 9.90.